The fraction of sp³-hybridized carbons (Fsp3) is 0.231. The van der Waals surface area contributed by atoms with Gasteiger partial charge in [-0.05, 0) is 25.5 Å². The Kier molecular flexibility index (Phi) is 2.86. The highest BCUT2D eigenvalue weighted by Gasteiger charge is 2.02. The van der Waals surface area contributed by atoms with Crippen molar-refractivity contribution in [2.24, 2.45) is 0 Å². The van der Waals surface area contributed by atoms with Gasteiger partial charge in [-0.2, -0.15) is 0 Å². The van der Waals surface area contributed by atoms with Gasteiger partial charge in [0.05, 0.1) is 17.2 Å². The Morgan fingerprint density at radius 2 is 2.19 bits per heavy atom. The van der Waals surface area contributed by atoms with E-state index in [-0.39, 0.29) is 5.56 Å². The number of hydrogen-bond acceptors (Lipinski definition) is 2. The predicted octanol–water partition coefficient (Wildman–Crippen LogP) is 2.36. The van der Waals surface area contributed by atoms with Crippen LogP contribution in [0.5, 0.6) is 0 Å². The fourth-order valence-corrected chi connectivity index (χ4v) is 1.58. The van der Waals surface area contributed by atoms with E-state index in [9.17, 15) is 4.79 Å². The maximum absolute atomic E-state index is 12.0. The highest BCUT2D eigenvalue weighted by molar-refractivity contribution is 5.76. The number of aryl methyl sites for hydroxylation is 1. The van der Waals surface area contributed by atoms with Gasteiger partial charge in [-0.25, -0.2) is 4.98 Å². The van der Waals surface area contributed by atoms with Crippen LogP contribution in [-0.4, -0.2) is 9.55 Å². The molecule has 0 unspecified atom stereocenters. The van der Waals surface area contributed by atoms with E-state index >= 15 is 0 Å². The van der Waals surface area contributed by atoms with Crippen LogP contribution in [0.15, 0.2) is 47.5 Å². The number of rotatable bonds is 3. The third-order valence-corrected chi connectivity index (χ3v) is 2.51. The monoisotopic (exact) mass is 214 g/mol. The number of benzene rings is 1. The van der Waals surface area contributed by atoms with Crippen LogP contribution in [0, 0.1) is 0 Å². The van der Waals surface area contributed by atoms with E-state index in [0.29, 0.717) is 11.9 Å². The standard InChI is InChI=1S/C13H14N2O/c1-10(2)7-8-15-9-14-12-6-4-3-5-11(12)13(15)16/h3-6,9H,1,7-8H2,2H3. The quantitative estimate of drug-likeness (QED) is 0.735. The highest BCUT2D eigenvalue weighted by Crippen LogP contribution is 2.05. The van der Waals surface area contributed by atoms with Crippen LogP contribution < -0.4 is 5.56 Å². The number of para-hydroxylation sites is 1. The zero-order valence-corrected chi connectivity index (χ0v) is 9.31. The summed E-state index contributed by atoms with van der Waals surface area (Å²) in [5.41, 5.74) is 1.84. The van der Waals surface area contributed by atoms with Crippen molar-refractivity contribution in [2.75, 3.05) is 0 Å². The number of allylic oxidation sites excluding steroid dienone is 1. The van der Waals surface area contributed by atoms with E-state index < -0.39 is 0 Å². The molecule has 0 aliphatic carbocycles. The summed E-state index contributed by atoms with van der Waals surface area (Å²) in [6.07, 6.45) is 2.41. The zero-order chi connectivity index (χ0) is 11.5. The fourth-order valence-electron chi connectivity index (χ4n) is 1.58. The minimum absolute atomic E-state index is 0.0202. The van der Waals surface area contributed by atoms with E-state index in [1.165, 1.54) is 0 Å². The summed E-state index contributed by atoms with van der Waals surface area (Å²) in [6.45, 7) is 6.43. The van der Waals surface area contributed by atoms with Crippen LogP contribution in [-0.2, 0) is 6.54 Å². The van der Waals surface area contributed by atoms with Crippen LogP contribution in [0.4, 0.5) is 0 Å². The van der Waals surface area contributed by atoms with Crippen molar-refractivity contribution in [3.05, 3.63) is 53.1 Å². The van der Waals surface area contributed by atoms with Crippen molar-refractivity contribution in [3.8, 4) is 0 Å². The third kappa shape index (κ3) is 2.03. The summed E-state index contributed by atoms with van der Waals surface area (Å²) in [5, 5.41) is 0.673. The second kappa shape index (κ2) is 4.31. The molecule has 0 spiro atoms. The smallest absolute Gasteiger partial charge is 0.261 e. The SMILES string of the molecule is C=C(C)CCn1cnc2ccccc2c1=O. The molecule has 0 radical (unpaired) electrons. The predicted molar refractivity (Wildman–Crippen MR) is 65.4 cm³/mol. The summed E-state index contributed by atoms with van der Waals surface area (Å²) in [5.74, 6) is 0. The molecule has 0 amide bonds. The van der Waals surface area contributed by atoms with Crippen LogP contribution in [0.2, 0.25) is 0 Å². The van der Waals surface area contributed by atoms with E-state index in [4.69, 9.17) is 0 Å². The molecular weight excluding hydrogens is 200 g/mol. The average Bonchev–Trinajstić information content (AvgIpc) is 2.28. The molecule has 0 N–H and O–H groups in total. The van der Waals surface area contributed by atoms with Crippen LogP contribution in [0.25, 0.3) is 10.9 Å². The number of nitrogens with zero attached hydrogens (tertiary/aromatic N) is 2. The Morgan fingerprint density at radius 1 is 1.44 bits per heavy atom. The largest absolute Gasteiger partial charge is 0.298 e. The summed E-state index contributed by atoms with van der Waals surface area (Å²) in [6, 6.07) is 7.39. The molecule has 2 rings (SSSR count). The lowest BCUT2D eigenvalue weighted by Crippen LogP contribution is -2.20. The van der Waals surface area contributed by atoms with Crippen molar-refractivity contribution in [2.45, 2.75) is 19.9 Å². The molecule has 0 saturated carbocycles. The van der Waals surface area contributed by atoms with E-state index in [0.717, 1.165) is 17.5 Å². The van der Waals surface area contributed by atoms with Crippen molar-refractivity contribution >= 4 is 10.9 Å². The van der Waals surface area contributed by atoms with Crippen molar-refractivity contribution in [1.29, 1.82) is 0 Å². The lowest BCUT2D eigenvalue weighted by molar-refractivity contribution is 0.660. The van der Waals surface area contributed by atoms with E-state index in [1.807, 2.05) is 31.2 Å². The Labute approximate surface area is 94.1 Å². The van der Waals surface area contributed by atoms with Gasteiger partial charge in [0.25, 0.3) is 5.56 Å². The molecule has 16 heavy (non-hydrogen) atoms. The van der Waals surface area contributed by atoms with Gasteiger partial charge in [0, 0.05) is 6.54 Å². The second-order valence-electron chi connectivity index (χ2n) is 3.97. The summed E-state index contributed by atoms with van der Waals surface area (Å²) >= 11 is 0. The van der Waals surface area contributed by atoms with Crippen LogP contribution in [0.3, 0.4) is 0 Å². The second-order valence-corrected chi connectivity index (χ2v) is 3.97. The zero-order valence-electron chi connectivity index (χ0n) is 9.31. The Hall–Kier alpha value is -1.90. The molecule has 0 atom stereocenters. The number of aromatic nitrogens is 2. The minimum atomic E-state index is 0.0202. The topological polar surface area (TPSA) is 34.9 Å². The number of hydrogen-bond donors (Lipinski definition) is 0. The molecular formula is C13H14N2O. The first kappa shape index (κ1) is 10.6. The van der Waals surface area contributed by atoms with Gasteiger partial charge in [0.15, 0.2) is 0 Å². The number of fused-ring (bicyclic) bond motifs is 1. The summed E-state index contributed by atoms with van der Waals surface area (Å²) in [4.78, 5) is 16.3. The van der Waals surface area contributed by atoms with Crippen LogP contribution >= 0.6 is 0 Å². The molecule has 1 heterocycles. The molecule has 0 saturated heterocycles. The van der Waals surface area contributed by atoms with Crippen molar-refractivity contribution in [1.82, 2.24) is 9.55 Å². The molecule has 82 valence electrons. The normalized spacial score (nSPS) is 10.6. The molecule has 2 aromatic rings. The Balaban J connectivity index is 2.45. The highest BCUT2D eigenvalue weighted by atomic mass is 16.1. The van der Waals surface area contributed by atoms with Gasteiger partial charge in [0.2, 0.25) is 0 Å². The molecule has 3 heteroatoms. The Bertz CT molecular complexity index is 584. The van der Waals surface area contributed by atoms with Gasteiger partial charge in [0.1, 0.15) is 0 Å². The maximum atomic E-state index is 12.0. The van der Waals surface area contributed by atoms with Crippen molar-refractivity contribution in [3.63, 3.8) is 0 Å². The molecule has 0 aliphatic heterocycles. The molecule has 3 nitrogen and oxygen atoms in total. The lowest BCUT2D eigenvalue weighted by Gasteiger charge is -2.05. The molecule has 1 aromatic carbocycles. The summed E-state index contributed by atoms with van der Waals surface area (Å²) in [7, 11) is 0. The first-order valence-corrected chi connectivity index (χ1v) is 5.27. The van der Waals surface area contributed by atoms with Gasteiger partial charge in [-0.1, -0.05) is 17.7 Å². The molecule has 1 aromatic heterocycles. The average molecular weight is 214 g/mol. The van der Waals surface area contributed by atoms with E-state index in [2.05, 4.69) is 11.6 Å². The lowest BCUT2D eigenvalue weighted by atomic mass is 10.2. The van der Waals surface area contributed by atoms with E-state index in [1.54, 1.807) is 10.9 Å². The summed E-state index contributed by atoms with van der Waals surface area (Å²) < 4.78 is 1.64. The Morgan fingerprint density at radius 3 is 2.94 bits per heavy atom. The van der Waals surface area contributed by atoms with Gasteiger partial charge in [-0.3, -0.25) is 9.36 Å². The van der Waals surface area contributed by atoms with Crippen LogP contribution in [0.1, 0.15) is 13.3 Å². The first-order chi connectivity index (χ1) is 7.68. The third-order valence-electron chi connectivity index (χ3n) is 2.51. The van der Waals surface area contributed by atoms with Crippen molar-refractivity contribution < 1.29 is 0 Å². The van der Waals surface area contributed by atoms with Gasteiger partial charge in [-0.15, -0.1) is 6.58 Å². The first-order valence-electron chi connectivity index (χ1n) is 5.27. The molecule has 0 fully saturated rings. The molecule has 0 bridgehead atoms. The van der Waals surface area contributed by atoms with Gasteiger partial charge >= 0.3 is 0 Å². The van der Waals surface area contributed by atoms with Gasteiger partial charge < -0.3 is 0 Å². The maximum Gasteiger partial charge on any atom is 0.261 e. The molecule has 0 aliphatic rings. The minimum Gasteiger partial charge on any atom is -0.298 e.